The Hall–Kier alpha value is -1.51. The number of carbonyl (C=O) groups excluding carboxylic acids is 1. The molecule has 0 aromatic heterocycles. The highest BCUT2D eigenvalue weighted by molar-refractivity contribution is 5.55. The maximum atomic E-state index is 10.5. The fraction of sp³-hybridized carbons (Fsp3) is 0.300. The highest BCUT2D eigenvalue weighted by Gasteiger charge is 2.15. The van der Waals surface area contributed by atoms with Crippen molar-refractivity contribution < 1.29 is 4.79 Å². The predicted molar refractivity (Wildman–Crippen MR) is 51.0 cm³/mol. The molecule has 0 aliphatic carbocycles. The van der Waals surface area contributed by atoms with E-state index in [0.29, 0.717) is 6.54 Å². The summed E-state index contributed by atoms with van der Waals surface area (Å²) in [6.45, 7) is 1.48. The van der Waals surface area contributed by atoms with Crippen molar-refractivity contribution in [1.82, 2.24) is 4.90 Å². The van der Waals surface area contributed by atoms with E-state index in [0.717, 1.165) is 25.1 Å². The van der Waals surface area contributed by atoms with Gasteiger partial charge in [0.1, 0.15) is 0 Å². The van der Waals surface area contributed by atoms with Gasteiger partial charge in [0.25, 0.3) is 0 Å². The Labute approximate surface area is 77.1 Å². The van der Waals surface area contributed by atoms with Gasteiger partial charge in [-0.2, -0.15) is 0 Å². The summed E-state index contributed by atoms with van der Waals surface area (Å²) in [6.07, 6.45) is 1.77. The zero-order valence-corrected chi connectivity index (χ0v) is 7.36. The Morgan fingerprint density at radius 1 is 1.46 bits per heavy atom. The molecule has 0 fully saturated rings. The average molecular weight is 176 g/mol. The van der Waals surface area contributed by atoms with Crippen LogP contribution in [0.3, 0.4) is 0 Å². The van der Waals surface area contributed by atoms with Crippen molar-refractivity contribution in [2.45, 2.75) is 13.0 Å². The van der Waals surface area contributed by atoms with Crippen LogP contribution in [0.1, 0.15) is 11.1 Å². The second kappa shape index (κ2) is 3.09. The normalized spacial score (nSPS) is 15.2. The first-order valence-corrected chi connectivity index (χ1v) is 4.37. The quantitative estimate of drug-likeness (QED) is 0.507. The highest BCUT2D eigenvalue weighted by Crippen LogP contribution is 2.22. The van der Waals surface area contributed by atoms with Crippen molar-refractivity contribution in [1.29, 1.82) is 0 Å². The Kier molecular flexibility index (Phi) is 1.93. The zero-order chi connectivity index (χ0) is 9.26. The molecule has 1 aromatic rings. The number of nitrogen functional groups attached to an aromatic ring is 1. The first kappa shape index (κ1) is 8.10. The van der Waals surface area contributed by atoms with Gasteiger partial charge in [0.15, 0.2) is 0 Å². The van der Waals surface area contributed by atoms with Gasteiger partial charge < -0.3 is 10.6 Å². The summed E-state index contributed by atoms with van der Waals surface area (Å²) in [7, 11) is 0. The molecule has 0 atom stereocenters. The number of carbonyl (C=O) groups is 1. The fourth-order valence-corrected chi connectivity index (χ4v) is 1.75. The number of nitrogens with zero attached hydrogens (tertiary/aromatic N) is 1. The molecular formula is C10H12N2O. The van der Waals surface area contributed by atoms with Gasteiger partial charge in [-0.1, -0.05) is 12.1 Å². The molecule has 2 rings (SSSR count). The van der Waals surface area contributed by atoms with Gasteiger partial charge in [-0.05, 0) is 23.6 Å². The van der Waals surface area contributed by atoms with Crippen LogP contribution in [0.15, 0.2) is 18.2 Å². The summed E-state index contributed by atoms with van der Waals surface area (Å²) < 4.78 is 0. The van der Waals surface area contributed by atoms with Gasteiger partial charge in [-0.25, -0.2) is 0 Å². The van der Waals surface area contributed by atoms with E-state index in [2.05, 4.69) is 0 Å². The molecule has 0 saturated carbocycles. The maximum absolute atomic E-state index is 10.5. The number of nitrogens with two attached hydrogens (primary N) is 1. The summed E-state index contributed by atoms with van der Waals surface area (Å²) in [5.74, 6) is 0. The van der Waals surface area contributed by atoms with E-state index in [-0.39, 0.29) is 0 Å². The third-order valence-corrected chi connectivity index (χ3v) is 2.48. The van der Waals surface area contributed by atoms with Crippen molar-refractivity contribution >= 4 is 12.1 Å². The van der Waals surface area contributed by atoms with Crippen LogP contribution in [0.25, 0.3) is 0 Å². The van der Waals surface area contributed by atoms with E-state index in [1.165, 1.54) is 11.1 Å². The van der Waals surface area contributed by atoms with Crippen LogP contribution in [0.5, 0.6) is 0 Å². The van der Waals surface area contributed by atoms with E-state index in [1.54, 1.807) is 4.90 Å². The van der Waals surface area contributed by atoms with E-state index >= 15 is 0 Å². The lowest BCUT2D eigenvalue weighted by atomic mass is 9.98. The first-order chi connectivity index (χ1) is 6.31. The summed E-state index contributed by atoms with van der Waals surface area (Å²) >= 11 is 0. The average Bonchev–Trinajstić information content (AvgIpc) is 2.18. The smallest absolute Gasteiger partial charge is 0.210 e. The van der Waals surface area contributed by atoms with Crippen molar-refractivity contribution in [2.24, 2.45) is 0 Å². The minimum Gasteiger partial charge on any atom is -0.398 e. The zero-order valence-electron chi connectivity index (χ0n) is 7.36. The van der Waals surface area contributed by atoms with Crippen LogP contribution in [0.2, 0.25) is 0 Å². The van der Waals surface area contributed by atoms with Gasteiger partial charge in [0, 0.05) is 18.8 Å². The van der Waals surface area contributed by atoms with Crippen LogP contribution in [0.4, 0.5) is 5.69 Å². The molecule has 13 heavy (non-hydrogen) atoms. The number of hydrogen-bond donors (Lipinski definition) is 1. The minimum atomic E-state index is 0.698. The van der Waals surface area contributed by atoms with Crippen molar-refractivity contribution in [3.05, 3.63) is 29.3 Å². The SMILES string of the molecule is Nc1cccc2c1CCN(C=O)C2. The van der Waals surface area contributed by atoms with Gasteiger partial charge >= 0.3 is 0 Å². The summed E-state index contributed by atoms with van der Waals surface area (Å²) in [4.78, 5) is 12.3. The summed E-state index contributed by atoms with van der Waals surface area (Å²) in [6, 6.07) is 5.87. The second-order valence-electron chi connectivity index (χ2n) is 3.31. The molecule has 3 nitrogen and oxygen atoms in total. The fourth-order valence-electron chi connectivity index (χ4n) is 1.75. The van der Waals surface area contributed by atoms with Crippen LogP contribution < -0.4 is 5.73 Å². The molecule has 0 saturated heterocycles. The lowest BCUT2D eigenvalue weighted by Gasteiger charge is -2.26. The molecule has 1 aromatic carbocycles. The van der Waals surface area contributed by atoms with Gasteiger partial charge in [0.2, 0.25) is 6.41 Å². The maximum Gasteiger partial charge on any atom is 0.210 e. The Balaban J connectivity index is 2.36. The van der Waals surface area contributed by atoms with E-state index < -0.39 is 0 Å². The topological polar surface area (TPSA) is 46.3 Å². The molecule has 1 amide bonds. The molecule has 2 N–H and O–H groups in total. The lowest BCUT2D eigenvalue weighted by molar-refractivity contribution is -0.118. The van der Waals surface area contributed by atoms with E-state index in [1.807, 2.05) is 18.2 Å². The molecule has 1 heterocycles. The minimum absolute atomic E-state index is 0.698. The predicted octanol–water partition coefficient (Wildman–Crippen LogP) is 0.783. The summed E-state index contributed by atoms with van der Waals surface area (Å²) in [5, 5.41) is 0. The van der Waals surface area contributed by atoms with Gasteiger partial charge in [-0.3, -0.25) is 4.79 Å². The third-order valence-electron chi connectivity index (χ3n) is 2.48. The molecule has 3 heteroatoms. The largest absolute Gasteiger partial charge is 0.398 e. The van der Waals surface area contributed by atoms with Crippen LogP contribution in [-0.2, 0) is 17.8 Å². The Morgan fingerprint density at radius 2 is 2.31 bits per heavy atom. The molecule has 0 bridgehead atoms. The van der Waals surface area contributed by atoms with Gasteiger partial charge in [0.05, 0.1) is 0 Å². The molecule has 1 aliphatic heterocycles. The van der Waals surface area contributed by atoms with Crippen LogP contribution in [0, 0.1) is 0 Å². The second-order valence-corrected chi connectivity index (χ2v) is 3.31. The molecule has 0 radical (unpaired) electrons. The molecule has 68 valence electrons. The Morgan fingerprint density at radius 3 is 3.08 bits per heavy atom. The number of rotatable bonds is 1. The molecule has 0 unspecified atom stereocenters. The molecule has 1 aliphatic rings. The lowest BCUT2D eigenvalue weighted by Crippen LogP contribution is -2.29. The van der Waals surface area contributed by atoms with E-state index in [9.17, 15) is 4.79 Å². The third kappa shape index (κ3) is 1.37. The van der Waals surface area contributed by atoms with Gasteiger partial charge in [-0.15, -0.1) is 0 Å². The first-order valence-electron chi connectivity index (χ1n) is 4.37. The van der Waals surface area contributed by atoms with E-state index in [4.69, 9.17) is 5.73 Å². The number of anilines is 1. The standard InChI is InChI=1S/C10H12N2O/c11-10-3-1-2-8-6-12(7-13)5-4-9(8)10/h1-3,7H,4-6,11H2. The van der Waals surface area contributed by atoms with Crippen molar-refractivity contribution in [3.8, 4) is 0 Å². The monoisotopic (exact) mass is 176 g/mol. The summed E-state index contributed by atoms with van der Waals surface area (Å²) in [5.41, 5.74) is 9.06. The van der Waals surface area contributed by atoms with Crippen molar-refractivity contribution in [2.75, 3.05) is 12.3 Å². The molecule has 0 spiro atoms. The number of fused-ring (bicyclic) bond motifs is 1. The number of hydrogen-bond acceptors (Lipinski definition) is 2. The highest BCUT2D eigenvalue weighted by atomic mass is 16.1. The number of benzene rings is 1. The Bertz CT molecular complexity index is 336. The van der Waals surface area contributed by atoms with Crippen molar-refractivity contribution in [3.63, 3.8) is 0 Å². The van der Waals surface area contributed by atoms with Crippen LogP contribution in [-0.4, -0.2) is 17.9 Å². The number of amides is 1. The van der Waals surface area contributed by atoms with Crippen LogP contribution >= 0.6 is 0 Å². The molecular weight excluding hydrogens is 164 g/mol.